The van der Waals surface area contributed by atoms with Crippen molar-refractivity contribution in [1.29, 1.82) is 0 Å². The molecule has 0 radical (unpaired) electrons. The van der Waals surface area contributed by atoms with E-state index in [0.717, 1.165) is 0 Å². The van der Waals surface area contributed by atoms with E-state index in [1.807, 2.05) is 0 Å². The average Bonchev–Trinajstić information content (AvgIpc) is 2.85. The SMILES string of the molecule is CC(=O)c1c(C)[nH]c(C(=O)COC(=O)COc2cccc(Cl)c2)c1C. The van der Waals surface area contributed by atoms with E-state index in [-0.39, 0.29) is 18.1 Å². The summed E-state index contributed by atoms with van der Waals surface area (Å²) in [6.07, 6.45) is 0. The highest BCUT2D eigenvalue weighted by molar-refractivity contribution is 6.30. The van der Waals surface area contributed by atoms with Gasteiger partial charge in [-0.3, -0.25) is 9.59 Å². The lowest BCUT2D eigenvalue weighted by Crippen LogP contribution is -2.20. The van der Waals surface area contributed by atoms with Crippen molar-refractivity contribution < 1.29 is 23.9 Å². The molecule has 1 aromatic carbocycles. The Kier molecular flexibility index (Phi) is 5.98. The summed E-state index contributed by atoms with van der Waals surface area (Å²) in [5.41, 5.74) is 1.93. The highest BCUT2D eigenvalue weighted by atomic mass is 35.5. The number of esters is 1. The second-order valence-corrected chi connectivity index (χ2v) is 5.95. The fraction of sp³-hybridized carbons (Fsp3) is 0.278. The summed E-state index contributed by atoms with van der Waals surface area (Å²) in [5, 5.41) is 0.486. The van der Waals surface area contributed by atoms with E-state index in [1.54, 1.807) is 38.1 Å². The van der Waals surface area contributed by atoms with Gasteiger partial charge in [0, 0.05) is 16.3 Å². The molecular weight excluding hydrogens is 346 g/mol. The molecule has 2 rings (SSSR count). The van der Waals surface area contributed by atoms with Gasteiger partial charge in [0.1, 0.15) is 5.75 Å². The van der Waals surface area contributed by atoms with Gasteiger partial charge in [-0.25, -0.2) is 4.79 Å². The number of aromatic amines is 1. The number of Topliss-reactive ketones (excluding diaryl/α,β-unsaturated/α-hetero) is 2. The van der Waals surface area contributed by atoms with Crippen molar-refractivity contribution in [2.45, 2.75) is 20.8 Å². The summed E-state index contributed by atoms with van der Waals surface area (Å²) in [5.74, 6) is -0.791. The van der Waals surface area contributed by atoms with Crippen LogP contribution in [0.4, 0.5) is 0 Å². The first-order valence-electron chi connectivity index (χ1n) is 7.57. The predicted molar refractivity (Wildman–Crippen MR) is 92.5 cm³/mol. The number of H-pyrrole nitrogens is 1. The highest BCUT2D eigenvalue weighted by Gasteiger charge is 2.20. The van der Waals surface area contributed by atoms with E-state index in [4.69, 9.17) is 21.1 Å². The number of aryl methyl sites for hydroxylation is 1. The van der Waals surface area contributed by atoms with Crippen molar-refractivity contribution in [2.75, 3.05) is 13.2 Å². The molecule has 0 amide bonds. The monoisotopic (exact) mass is 363 g/mol. The van der Waals surface area contributed by atoms with Crippen molar-refractivity contribution >= 4 is 29.1 Å². The van der Waals surface area contributed by atoms with Gasteiger partial charge in [0.25, 0.3) is 0 Å². The first kappa shape index (κ1) is 18.7. The van der Waals surface area contributed by atoms with E-state index < -0.39 is 18.4 Å². The van der Waals surface area contributed by atoms with Gasteiger partial charge in [-0.1, -0.05) is 17.7 Å². The van der Waals surface area contributed by atoms with Crippen LogP contribution < -0.4 is 4.74 Å². The zero-order chi connectivity index (χ0) is 18.6. The highest BCUT2D eigenvalue weighted by Crippen LogP contribution is 2.19. The molecular formula is C18H18ClNO5. The Morgan fingerprint density at radius 1 is 1.16 bits per heavy atom. The molecule has 0 aliphatic rings. The Balaban J connectivity index is 1.90. The molecule has 0 saturated carbocycles. The summed E-state index contributed by atoms with van der Waals surface area (Å²) >= 11 is 5.81. The molecule has 132 valence electrons. The van der Waals surface area contributed by atoms with Gasteiger partial charge in [-0.2, -0.15) is 0 Å². The molecule has 2 aromatic rings. The Hall–Kier alpha value is -2.60. The number of aromatic nitrogens is 1. The second-order valence-electron chi connectivity index (χ2n) is 5.51. The van der Waals surface area contributed by atoms with Gasteiger partial charge >= 0.3 is 5.97 Å². The van der Waals surface area contributed by atoms with Crippen LogP contribution in [0.25, 0.3) is 0 Å². The van der Waals surface area contributed by atoms with Crippen LogP contribution in [0.1, 0.15) is 39.0 Å². The van der Waals surface area contributed by atoms with Gasteiger partial charge in [0.15, 0.2) is 19.0 Å². The Morgan fingerprint density at radius 2 is 1.88 bits per heavy atom. The number of carbonyl (C=O) groups is 3. The number of carbonyl (C=O) groups excluding carboxylic acids is 3. The van der Waals surface area contributed by atoms with Gasteiger partial charge in [0.2, 0.25) is 5.78 Å². The zero-order valence-corrected chi connectivity index (χ0v) is 14.9. The van der Waals surface area contributed by atoms with Gasteiger partial charge < -0.3 is 14.5 Å². The number of benzene rings is 1. The molecule has 0 bridgehead atoms. The first-order chi connectivity index (χ1) is 11.8. The van der Waals surface area contributed by atoms with Crippen molar-refractivity contribution in [3.05, 3.63) is 51.8 Å². The number of ether oxygens (including phenoxy) is 2. The molecule has 0 aliphatic heterocycles. The molecule has 1 heterocycles. The maximum Gasteiger partial charge on any atom is 0.344 e. The van der Waals surface area contributed by atoms with E-state index in [9.17, 15) is 14.4 Å². The van der Waals surface area contributed by atoms with Crippen molar-refractivity contribution in [3.63, 3.8) is 0 Å². The van der Waals surface area contributed by atoms with E-state index in [2.05, 4.69) is 4.98 Å². The quantitative estimate of drug-likeness (QED) is 0.602. The second kappa shape index (κ2) is 7.98. The van der Waals surface area contributed by atoms with Crippen LogP contribution in [-0.4, -0.2) is 35.7 Å². The number of rotatable bonds is 7. The van der Waals surface area contributed by atoms with Crippen LogP contribution in [0.2, 0.25) is 5.02 Å². The van der Waals surface area contributed by atoms with Crippen molar-refractivity contribution in [1.82, 2.24) is 4.98 Å². The molecule has 0 atom stereocenters. The minimum Gasteiger partial charge on any atom is -0.482 e. The summed E-state index contributed by atoms with van der Waals surface area (Å²) in [6.45, 7) is 4.05. The predicted octanol–water partition coefficient (Wildman–Crippen LogP) is 3.29. The van der Waals surface area contributed by atoms with Crippen LogP contribution in [0.5, 0.6) is 5.75 Å². The molecule has 1 N–H and O–H groups in total. The average molecular weight is 364 g/mol. The number of hydrogen-bond donors (Lipinski definition) is 1. The van der Waals surface area contributed by atoms with Crippen LogP contribution >= 0.6 is 11.6 Å². The summed E-state index contributed by atoms with van der Waals surface area (Å²) < 4.78 is 10.2. The maximum absolute atomic E-state index is 12.2. The molecule has 25 heavy (non-hydrogen) atoms. The lowest BCUT2D eigenvalue weighted by Gasteiger charge is -2.07. The molecule has 0 spiro atoms. The Bertz CT molecular complexity index is 825. The molecule has 1 aromatic heterocycles. The molecule has 6 nitrogen and oxygen atoms in total. The third-order valence-corrected chi connectivity index (χ3v) is 3.82. The lowest BCUT2D eigenvalue weighted by atomic mass is 10.1. The molecule has 0 saturated heterocycles. The number of nitrogens with one attached hydrogen (secondary N) is 1. The van der Waals surface area contributed by atoms with Gasteiger partial charge in [0.05, 0.1) is 5.69 Å². The van der Waals surface area contributed by atoms with Crippen LogP contribution in [0.15, 0.2) is 24.3 Å². The summed E-state index contributed by atoms with van der Waals surface area (Å²) in [7, 11) is 0. The normalized spacial score (nSPS) is 10.4. The van der Waals surface area contributed by atoms with Gasteiger partial charge in [-0.15, -0.1) is 0 Å². The summed E-state index contributed by atoms with van der Waals surface area (Å²) in [6, 6.07) is 6.59. The minimum absolute atomic E-state index is 0.128. The van der Waals surface area contributed by atoms with Crippen LogP contribution in [0, 0.1) is 13.8 Å². The topological polar surface area (TPSA) is 85.5 Å². The maximum atomic E-state index is 12.2. The zero-order valence-electron chi connectivity index (χ0n) is 14.1. The standard InChI is InChI=1S/C18H18ClNO5/c1-10-17(12(3)21)11(2)20-18(10)15(22)8-25-16(23)9-24-14-6-4-5-13(19)7-14/h4-7,20H,8-9H2,1-3H3. The van der Waals surface area contributed by atoms with Crippen LogP contribution in [0.3, 0.4) is 0 Å². The van der Waals surface area contributed by atoms with E-state index in [0.29, 0.717) is 27.6 Å². The first-order valence-corrected chi connectivity index (χ1v) is 7.94. The van der Waals surface area contributed by atoms with E-state index >= 15 is 0 Å². The third-order valence-electron chi connectivity index (χ3n) is 3.59. The smallest absolute Gasteiger partial charge is 0.344 e. The largest absolute Gasteiger partial charge is 0.482 e. The molecule has 0 unspecified atom stereocenters. The molecule has 7 heteroatoms. The van der Waals surface area contributed by atoms with E-state index in [1.165, 1.54) is 6.92 Å². The fourth-order valence-electron chi connectivity index (χ4n) is 2.52. The number of hydrogen-bond acceptors (Lipinski definition) is 5. The molecule has 0 aliphatic carbocycles. The number of halogens is 1. The molecule has 0 fully saturated rings. The van der Waals surface area contributed by atoms with Crippen molar-refractivity contribution in [2.24, 2.45) is 0 Å². The van der Waals surface area contributed by atoms with Crippen LogP contribution in [-0.2, 0) is 9.53 Å². The van der Waals surface area contributed by atoms with Crippen molar-refractivity contribution in [3.8, 4) is 5.75 Å². The summed E-state index contributed by atoms with van der Waals surface area (Å²) in [4.78, 5) is 38.4. The lowest BCUT2D eigenvalue weighted by molar-refractivity contribution is -0.144. The number of ketones is 2. The minimum atomic E-state index is -0.680. The fourth-order valence-corrected chi connectivity index (χ4v) is 2.70. The third kappa shape index (κ3) is 4.70. The Morgan fingerprint density at radius 3 is 2.48 bits per heavy atom. The van der Waals surface area contributed by atoms with Gasteiger partial charge in [-0.05, 0) is 44.5 Å². The Labute approximate surface area is 150 Å².